The fourth-order valence-corrected chi connectivity index (χ4v) is 4.65. The van der Waals surface area contributed by atoms with Gasteiger partial charge < -0.3 is 25.9 Å². The number of hydrogen-bond acceptors (Lipinski definition) is 7. The predicted molar refractivity (Wildman–Crippen MR) is 117 cm³/mol. The molecule has 3 atom stereocenters. The molecule has 1 aliphatic carbocycles. The lowest BCUT2D eigenvalue weighted by molar-refractivity contribution is 0.113. The maximum absolute atomic E-state index is 12.8. The molecule has 2 heterocycles. The third-order valence-corrected chi connectivity index (χ3v) is 6.40. The first-order valence-corrected chi connectivity index (χ1v) is 10.6. The fraction of sp³-hybridized carbons (Fsp3) is 0.619. The number of rotatable bonds is 7. The molecule has 0 radical (unpaired) electrons. The fourth-order valence-electron chi connectivity index (χ4n) is 4.65. The molecule has 0 bridgehead atoms. The maximum atomic E-state index is 12.8. The topological polar surface area (TPSA) is 118 Å². The van der Waals surface area contributed by atoms with Gasteiger partial charge in [0.05, 0.1) is 24.8 Å². The molecule has 2 aliphatic rings. The van der Waals surface area contributed by atoms with Crippen LogP contribution in [0, 0.1) is 11.8 Å². The summed E-state index contributed by atoms with van der Waals surface area (Å²) in [6.07, 6.45) is 1.77. The van der Waals surface area contributed by atoms with Crippen molar-refractivity contribution in [3.63, 3.8) is 0 Å². The Labute approximate surface area is 175 Å². The first kappa shape index (κ1) is 20.7. The molecule has 2 aromatic rings. The van der Waals surface area contributed by atoms with Crippen LogP contribution in [-0.4, -0.2) is 48.7 Å². The van der Waals surface area contributed by atoms with Gasteiger partial charge in [-0.2, -0.15) is 4.68 Å². The van der Waals surface area contributed by atoms with Gasteiger partial charge in [-0.25, -0.2) is 4.79 Å². The molecule has 3 unspecified atom stereocenters. The predicted octanol–water partition coefficient (Wildman–Crippen LogP) is 0.657. The number of nitrogen functional groups attached to an aromatic ring is 1. The van der Waals surface area contributed by atoms with Gasteiger partial charge in [0.25, 0.3) is 5.56 Å². The number of nitrogens with zero attached hydrogens (tertiary/aromatic N) is 3. The highest BCUT2D eigenvalue weighted by molar-refractivity contribution is 5.90. The molecule has 0 amide bonds. The van der Waals surface area contributed by atoms with E-state index in [2.05, 4.69) is 11.8 Å². The SMILES string of the molecule is CCOCC(N)C1CN(c2ccc3c(=O)n(N)c(=O)n(C4CC4)c3c2OC)CC1C. The summed E-state index contributed by atoms with van der Waals surface area (Å²) in [5.74, 6) is 6.97. The standard InChI is InChI=1S/C21H31N5O4/c1-4-30-11-16(22)15-10-24(9-12(15)2)17-8-7-14-18(19(17)29-3)25(13-5-6-13)21(28)26(23)20(14)27/h7-8,12-13,15-16H,4-6,9-11,22-23H2,1-3H3. The van der Waals surface area contributed by atoms with E-state index in [4.69, 9.17) is 21.1 Å². The third-order valence-electron chi connectivity index (χ3n) is 6.40. The van der Waals surface area contributed by atoms with Crippen LogP contribution in [0.1, 0.15) is 32.7 Å². The number of nitrogens with two attached hydrogens (primary N) is 2. The minimum Gasteiger partial charge on any atom is -0.492 e. The number of aromatic nitrogens is 2. The summed E-state index contributed by atoms with van der Waals surface area (Å²) in [6, 6.07) is 3.62. The number of methoxy groups -OCH3 is 1. The van der Waals surface area contributed by atoms with Crippen LogP contribution in [0.4, 0.5) is 5.69 Å². The molecule has 30 heavy (non-hydrogen) atoms. The number of fused-ring (bicyclic) bond motifs is 1. The summed E-state index contributed by atoms with van der Waals surface area (Å²) in [5, 5.41) is 0.390. The summed E-state index contributed by atoms with van der Waals surface area (Å²) in [6.45, 7) is 6.91. The molecule has 164 valence electrons. The number of hydrogen-bond donors (Lipinski definition) is 2. The van der Waals surface area contributed by atoms with Gasteiger partial charge in [-0.3, -0.25) is 9.36 Å². The van der Waals surface area contributed by atoms with Crippen LogP contribution >= 0.6 is 0 Å². The number of benzene rings is 1. The van der Waals surface area contributed by atoms with Crippen molar-refractivity contribution in [3.05, 3.63) is 33.0 Å². The van der Waals surface area contributed by atoms with E-state index < -0.39 is 11.2 Å². The van der Waals surface area contributed by atoms with Crippen molar-refractivity contribution in [3.8, 4) is 5.75 Å². The normalized spacial score (nSPS) is 22.6. The quantitative estimate of drug-likeness (QED) is 0.635. The molecule has 9 heteroatoms. The van der Waals surface area contributed by atoms with Gasteiger partial charge in [0.2, 0.25) is 0 Å². The van der Waals surface area contributed by atoms with E-state index in [0.717, 1.165) is 31.6 Å². The molecular weight excluding hydrogens is 386 g/mol. The average Bonchev–Trinajstić information content (AvgIpc) is 3.50. The van der Waals surface area contributed by atoms with Crippen LogP contribution < -0.4 is 32.5 Å². The highest BCUT2D eigenvalue weighted by Gasteiger charge is 2.36. The summed E-state index contributed by atoms with van der Waals surface area (Å²) < 4.78 is 13.6. The summed E-state index contributed by atoms with van der Waals surface area (Å²) in [5.41, 5.74) is 6.78. The Morgan fingerprint density at radius 1 is 1.23 bits per heavy atom. The Balaban J connectivity index is 1.80. The van der Waals surface area contributed by atoms with Crippen molar-refractivity contribution < 1.29 is 9.47 Å². The minimum atomic E-state index is -0.511. The maximum Gasteiger partial charge on any atom is 0.350 e. The van der Waals surface area contributed by atoms with Gasteiger partial charge in [0.1, 0.15) is 5.52 Å². The van der Waals surface area contributed by atoms with Crippen molar-refractivity contribution >= 4 is 16.6 Å². The second kappa shape index (κ2) is 7.96. The highest BCUT2D eigenvalue weighted by atomic mass is 16.5. The van der Waals surface area contributed by atoms with Gasteiger partial charge in [0, 0.05) is 31.8 Å². The van der Waals surface area contributed by atoms with Gasteiger partial charge in [0.15, 0.2) is 5.75 Å². The van der Waals surface area contributed by atoms with Gasteiger partial charge in [-0.15, -0.1) is 0 Å². The Hall–Kier alpha value is -2.52. The summed E-state index contributed by atoms with van der Waals surface area (Å²) in [4.78, 5) is 27.7. The van der Waals surface area contributed by atoms with Crippen LogP contribution in [0.3, 0.4) is 0 Å². The molecule has 0 spiro atoms. The lowest BCUT2D eigenvalue weighted by Gasteiger charge is -2.25. The van der Waals surface area contributed by atoms with Crippen LogP contribution in [0.5, 0.6) is 5.75 Å². The van der Waals surface area contributed by atoms with Crippen LogP contribution in [0.25, 0.3) is 10.9 Å². The smallest absolute Gasteiger partial charge is 0.350 e. The monoisotopic (exact) mass is 417 g/mol. The zero-order valence-electron chi connectivity index (χ0n) is 17.8. The second-order valence-electron chi connectivity index (χ2n) is 8.44. The molecule has 2 fully saturated rings. The lowest BCUT2D eigenvalue weighted by atomic mass is 9.91. The van der Waals surface area contributed by atoms with Crippen molar-refractivity contribution in [1.82, 2.24) is 9.24 Å². The average molecular weight is 418 g/mol. The first-order chi connectivity index (χ1) is 14.4. The Morgan fingerprint density at radius 3 is 2.60 bits per heavy atom. The zero-order valence-corrected chi connectivity index (χ0v) is 17.8. The number of anilines is 1. The Morgan fingerprint density at radius 2 is 1.97 bits per heavy atom. The van der Waals surface area contributed by atoms with Crippen molar-refractivity contribution in [2.24, 2.45) is 17.6 Å². The molecule has 1 saturated heterocycles. The summed E-state index contributed by atoms with van der Waals surface area (Å²) >= 11 is 0. The molecule has 1 saturated carbocycles. The molecule has 1 aliphatic heterocycles. The first-order valence-electron chi connectivity index (χ1n) is 10.6. The molecular formula is C21H31N5O4. The molecule has 4 N–H and O–H groups in total. The van der Waals surface area contributed by atoms with Gasteiger partial charge in [-0.05, 0) is 43.7 Å². The Kier molecular flexibility index (Phi) is 5.50. The van der Waals surface area contributed by atoms with Crippen molar-refractivity contribution in [2.45, 2.75) is 38.8 Å². The Bertz CT molecular complexity index is 1060. The van der Waals surface area contributed by atoms with E-state index in [-0.39, 0.29) is 18.0 Å². The van der Waals surface area contributed by atoms with Crippen LogP contribution in [0.2, 0.25) is 0 Å². The van der Waals surface area contributed by atoms with Crippen molar-refractivity contribution in [1.29, 1.82) is 0 Å². The molecule has 1 aromatic heterocycles. The van der Waals surface area contributed by atoms with Crippen LogP contribution in [-0.2, 0) is 4.74 Å². The van der Waals surface area contributed by atoms with Gasteiger partial charge in [-0.1, -0.05) is 6.92 Å². The van der Waals surface area contributed by atoms with Crippen LogP contribution in [0.15, 0.2) is 21.7 Å². The largest absolute Gasteiger partial charge is 0.492 e. The molecule has 9 nitrogen and oxygen atoms in total. The lowest BCUT2D eigenvalue weighted by Crippen LogP contribution is -2.44. The number of ether oxygens (including phenoxy) is 2. The van der Waals surface area contributed by atoms with E-state index in [0.29, 0.717) is 40.5 Å². The van der Waals surface area contributed by atoms with E-state index in [1.807, 2.05) is 13.0 Å². The highest BCUT2D eigenvalue weighted by Crippen LogP contribution is 2.42. The molecule has 1 aromatic carbocycles. The van der Waals surface area contributed by atoms with E-state index in [9.17, 15) is 9.59 Å². The second-order valence-corrected chi connectivity index (χ2v) is 8.44. The molecule has 4 rings (SSSR count). The van der Waals surface area contributed by atoms with E-state index in [1.54, 1.807) is 17.7 Å². The van der Waals surface area contributed by atoms with Crippen molar-refractivity contribution in [2.75, 3.05) is 44.2 Å². The third kappa shape index (κ3) is 3.35. The van der Waals surface area contributed by atoms with E-state index >= 15 is 0 Å². The van der Waals surface area contributed by atoms with E-state index in [1.165, 1.54) is 0 Å². The summed E-state index contributed by atoms with van der Waals surface area (Å²) in [7, 11) is 1.58. The zero-order chi connectivity index (χ0) is 21.6. The van der Waals surface area contributed by atoms with Gasteiger partial charge >= 0.3 is 5.69 Å². The minimum absolute atomic E-state index is 0.0458.